The van der Waals surface area contributed by atoms with Gasteiger partial charge in [-0.3, -0.25) is 4.79 Å². The Morgan fingerprint density at radius 1 is 1.25 bits per heavy atom. The van der Waals surface area contributed by atoms with Gasteiger partial charge in [-0.2, -0.15) is 0 Å². The van der Waals surface area contributed by atoms with Crippen molar-refractivity contribution in [2.24, 2.45) is 5.73 Å². The van der Waals surface area contributed by atoms with E-state index in [0.29, 0.717) is 29.9 Å². The Labute approximate surface area is 145 Å². The summed E-state index contributed by atoms with van der Waals surface area (Å²) < 4.78 is 10.5. The van der Waals surface area contributed by atoms with Crippen molar-refractivity contribution in [3.05, 3.63) is 35.5 Å². The van der Waals surface area contributed by atoms with Crippen LogP contribution < -0.4 is 15.8 Å². The third-order valence-corrected chi connectivity index (χ3v) is 3.72. The smallest absolute Gasteiger partial charge is 0.254 e. The van der Waals surface area contributed by atoms with Gasteiger partial charge in [-0.15, -0.1) is 0 Å². The standard InChI is InChI=1S/C16H20N4O3S/c1-10-13(14(17)21)15(20-16(18-10)24-3)19-11-4-6-12(7-5-11)23-9-8-22-2/h4-7H,8-9H2,1-3H3,(H2,17,21)(H,18,19,20). The van der Waals surface area contributed by atoms with Crippen molar-refractivity contribution < 1.29 is 14.3 Å². The van der Waals surface area contributed by atoms with Crippen LogP contribution in [0.25, 0.3) is 0 Å². The third kappa shape index (κ3) is 4.59. The number of primary amides is 1. The summed E-state index contributed by atoms with van der Waals surface area (Å²) in [7, 11) is 1.62. The second kappa shape index (κ2) is 8.51. The lowest BCUT2D eigenvalue weighted by Gasteiger charge is -2.13. The van der Waals surface area contributed by atoms with Crippen molar-refractivity contribution >= 4 is 29.2 Å². The summed E-state index contributed by atoms with van der Waals surface area (Å²) in [5.74, 6) is 0.561. The largest absolute Gasteiger partial charge is 0.491 e. The maximum absolute atomic E-state index is 11.7. The van der Waals surface area contributed by atoms with Crippen molar-refractivity contribution in [2.75, 3.05) is 31.9 Å². The van der Waals surface area contributed by atoms with E-state index in [4.69, 9.17) is 15.2 Å². The van der Waals surface area contributed by atoms with Crippen LogP contribution in [0.2, 0.25) is 0 Å². The topological polar surface area (TPSA) is 99.4 Å². The summed E-state index contributed by atoms with van der Waals surface area (Å²) >= 11 is 1.40. The minimum absolute atomic E-state index is 0.285. The van der Waals surface area contributed by atoms with Crippen LogP contribution >= 0.6 is 11.8 Å². The Hall–Kier alpha value is -2.32. The second-order valence-electron chi connectivity index (χ2n) is 4.87. The van der Waals surface area contributed by atoms with E-state index in [9.17, 15) is 4.79 Å². The minimum Gasteiger partial charge on any atom is -0.491 e. The number of amides is 1. The molecule has 1 aromatic carbocycles. The monoisotopic (exact) mass is 348 g/mol. The van der Waals surface area contributed by atoms with E-state index < -0.39 is 5.91 Å². The van der Waals surface area contributed by atoms with Gasteiger partial charge in [0, 0.05) is 12.8 Å². The molecule has 3 N–H and O–H groups in total. The fraction of sp³-hybridized carbons (Fsp3) is 0.312. The number of ether oxygens (including phenoxy) is 2. The van der Waals surface area contributed by atoms with E-state index in [1.807, 2.05) is 30.5 Å². The molecule has 0 unspecified atom stereocenters. The van der Waals surface area contributed by atoms with Crippen molar-refractivity contribution in [3.8, 4) is 5.75 Å². The first-order valence-corrected chi connectivity index (χ1v) is 8.49. The van der Waals surface area contributed by atoms with Gasteiger partial charge in [0.1, 0.15) is 23.7 Å². The molecule has 0 aliphatic heterocycles. The highest BCUT2D eigenvalue weighted by Crippen LogP contribution is 2.24. The molecule has 0 bridgehead atoms. The molecule has 0 saturated heterocycles. The van der Waals surface area contributed by atoms with Gasteiger partial charge in [-0.1, -0.05) is 11.8 Å². The van der Waals surface area contributed by atoms with Gasteiger partial charge in [0.25, 0.3) is 5.91 Å². The Bertz CT molecular complexity index is 707. The van der Waals surface area contributed by atoms with Crippen LogP contribution in [0.4, 0.5) is 11.5 Å². The predicted octanol–water partition coefficient (Wildman–Crippen LogP) is 2.37. The maximum Gasteiger partial charge on any atom is 0.254 e. The maximum atomic E-state index is 11.7. The molecule has 128 valence electrons. The molecular formula is C16H20N4O3S. The number of nitrogens with one attached hydrogen (secondary N) is 1. The number of nitrogens with zero attached hydrogens (tertiary/aromatic N) is 2. The molecule has 1 aromatic heterocycles. The highest BCUT2D eigenvalue weighted by molar-refractivity contribution is 7.98. The summed E-state index contributed by atoms with van der Waals surface area (Å²) in [6, 6.07) is 7.32. The molecular weight excluding hydrogens is 328 g/mol. The van der Waals surface area contributed by atoms with Crippen molar-refractivity contribution in [2.45, 2.75) is 12.1 Å². The molecule has 0 atom stereocenters. The molecule has 0 aliphatic carbocycles. The zero-order valence-corrected chi connectivity index (χ0v) is 14.6. The van der Waals surface area contributed by atoms with Crippen LogP contribution in [-0.2, 0) is 4.74 Å². The molecule has 0 saturated carbocycles. The zero-order chi connectivity index (χ0) is 17.5. The lowest BCUT2D eigenvalue weighted by Crippen LogP contribution is -2.17. The van der Waals surface area contributed by atoms with Gasteiger partial charge >= 0.3 is 0 Å². The predicted molar refractivity (Wildman–Crippen MR) is 94.2 cm³/mol. The fourth-order valence-electron chi connectivity index (χ4n) is 2.04. The number of carbonyl (C=O) groups excluding carboxylic acids is 1. The average Bonchev–Trinajstić information content (AvgIpc) is 2.55. The molecule has 0 spiro atoms. The Kier molecular flexibility index (Phi) is 6.39. The first-order valence-electron chi connectivity index (χ1n) is 7.26. The number of aryl methyl sites for hydroxylation is 1. The van der Waals surface area contributed by atoms with E-state index in [0.717, 1.165) is 11.4 Å². The second-order valence-corrected chi connectivity index (χ2v) is 5.65. The molecule has 2 rings (SSSR count). The van der Waals surface area contributed by atoms with Crippen LogP contribution in [0, 0.1) is 6.92 Å². The normalized spacial score (nSPS) is 10.5. The van der Waals surface area contributed by atoms with Crippen LogP contribution in [-0.4, -0.2) is 42.5 Å². The number of carbonyl (C=O) groups is 1. The summed E-state index contributed by atoms with van der Waals surface area (Å²) in [6.45, 7) is 2.75. The minimum atomic E-state index is -0.567. The van der Waals surface area contributed by atoms with E-state index in [2.05, 4.69) is 15.3 Å². The summed E-state index contributed by atoms with van der Waals surface area (Å²) in [6.07, 6.45) is 1.87. The number of thioether (sulfide) groups is 1. The van der Waals surface area contributed by atoms with Crippen molar-refractivity contribution in [3.63, 3.8) is 0 Å². The van der Waals surface area contributed by atoms with Crippen molar-refractivity contribution in [1.29, 1.82) is 0 Å². The molecule has 2 aromatic rings. The molecule has 1 heterocycles. The molecule has 1 amide bonds. The van der Waals surface area contributed by atoms with Gasteiger partial charge in [-0.25, -0.2) is 9.97 Å². The number of benzene rings is 1. The highest BCUT2D eigenvalue weighted by Gasteiger charge is 2.16. The molecule has 8 heteroatoms. The fourth-order valence-corrected chi connectivity index (χ4v) is 2.45. The van der Waals surface area contributed by atoms with Gasteiger partial charge in [0.05, 0.1) is 12.3 Å². The lowest BCUT2D eigenvalue weighted by atomic mass is 10.2. The molecule has 0 fully saturated rings. The first-order chi connectivity index (χ1) is 11.5. The first kappa shape index (κ1) is 18.0. The number of rotatable bonds is 8. The molecule has 24 heavy (non-hydrogen) atoms. The van der Waals surface area contributed by atoms with Crippen LogP contribution in [0.5, 0.6) is 5.75 Å². The number of hydrogen-bond acceptors (Lipinski definition) is 7. The average molecular weight is 348 g/mol. The Morgan fingerprint density at radius 2 is 1.96 bits per heavy atom. The number of nitrogens with two attached hydrogens (primary N) is 1. The highest BCUT2D eigenvalue weighted by atomic mass is 32.2. The van der Waals surface area contributed by atoms with E-state index in [1.165, 1.54) is 11.8 Å². The lowest BCUT2D eigenvalue weighted by molar-refractivity contribution is 0.0999. The SMILES string of the molecule is COCCOc1ccc(Nc2nc(SC)nc(C)c2C(N)=O)cc1. The summed E-state index contributed by atoms with van der Waals surface area (Å²) in [4.78, 5) is 20.3. The number of aromatic nitrogens is 2. The molecule has 0 aliphatic rings. The number of methoxy groups -OCH3 is 1. The molecule has 7 nitrogen and oxygen atoms in total. The third-order valence-electron chi connectivity index (χ3n) is 3.17. The summed E-state index contributed by atoms with van der Waals surface area (Å²) in [5, 5.41) is 3.69. The zero-order valence-electron chi connectivity index (χ0n) is 13.8. The van der Waals surface area contributed by atoms with Crippen LogP contribution in [0.15, 0.2) is 29.4 Å². The van der Waals surface area contributed by atoms with Gasteiger partial charge in [0.15, 0.2) is 5.16 Å². The molecule has 0 radical (unpaired) electrons. The number of hydrogen-bond donors (Lipinski definition) is 2. The van der Waals surface area contributed by atoms with Crippen molar-refractivity contribution in [1.82, 2.24) is 9.97 Å². The van der Waals surface area contributed by atoms with Gasteiger partial charge < -0.3 is 20.5 Å². The van der Waals surface area contributed by atoms with Gasteiger partial charge in [-0.05, 0) is 37.4 Å². The quantitative estimate of drug-likeness (QED) is 0.429. The van der Waals surface area contributed by atoms with E-state index >= 15 is 0 Å². The van der Waals surface area contributed by atoms with Gasteiger partial charge in [0.2, 0.25) is 0 Å². The van der Waals surface area contributed by atoms with Crippen LogP contribution in [0.3, 0.4) is 0 Å². The summed E-state index contributed by atoms with van der Waals surface area (Å²) in [5.41, 5.74) is 7.05. The van der Waals surface area contributed by atoms with E-state index in [-0.39, 0.29) is 5.56 Å². The number of anilines is 2. The van der Waals surface area contributed by atoms with Crippen LogP contribution in [0.1, 0.15) is 16.1 Å². The Morgan fingerprint density at radius 3 is 2.54 bits per heavy atom. The Balaban J connectivity index is 2.21. The van der Waals surface area contributed by atoms with E-state index in [1.54, 1.807) is 14.0 Å².